The van der Waals surface area contributed by atoms with E-state index in [-0.39, 0.29) is 16.4 Å². The second kappa shape index (κ2) is 2.67. The lowest BCUT2D eigenvalue weighted by atomic mass is 9.58. The molecule has 1 heterocycles. The van der Waals surface area contributed by atoms with Gasteiger partial charge in [0.25, 0.3) is 0 Å². The van der Waals surface area contributed by atoms with Crippen LogP contribution in [0.2, 0.25) is 0 Å². The van der Waals surface area contributed by atoms with Crippen molar-refractivity contribution >= 4 is 0 Å². The summed E-state index contributed by atoms with van der Waals surface area (Å²) in [6.45, 7) is 9.76. The molecule has 2 nitrogen and oxygen atoms in total. The van der Waals surface area contributed by atoms with E-state index in [4.69, 9.17) is 4.74 Å². The Morgan fingerprint density at radius 3 is 2.31 bits per heavy atom. The zero-order chi connectivity index (χ0) is 11.8. The first-order valence-corrected chi connectivity index (χ1v) is 6.59. The summed E-state index contributed by atoms with van der Waals surface area (Å²) in [6, 6.07) is 0. The highest BCUT2D eigenvalue weighted by Crippen LogP contribution is 2.70. The normalized spacial score (nSPS) is 57.9. The Morgan fingerprint density at radius 1 is 1.25 bits per heavy atom. The molecule has 4 atom stereocenters. The minimum Gasteiger partial charge on any atom is -0.389 e. The highest BCUT2D eigenvalue weighted by Gasteiger charge is 2.70. The highest BCUT2D eigenvalue weighted by atomic mass is 16.6. The second-order valence-electron chi connectivity index (χ2n) is 7.50. The van der Waals surface area contributed by atoms with Crippen LogP contribution < -0.4 is 0 Å². The summed E-state index contributed by atoms with van der Waals surface area (Å²) in [7, 11) is 0. The maximum atomic E-state index is 11.3. The topological polar surface area (TPSA) is 32.8 Å². The van der Waals surface area contributed by atoms with Crippen molar-refractivity contribution in [2.75, 3.05) is 6.61 Å². The monoisotopic (exact) mass is 224 g/mol. The van der Waals surface area contributed by atoms with Gasteiger partial charge in [-0.05, 0) is 42.9 Å². The zero-order valence-corrected chi connectivity index (χ0v) is 11.0. The quantitative estimate of drug-likeness (QED) is 0.732. The fourth-order valence-corrected chi connectivity index (χ4v) is 4.56. The molecule has 0 radical (unpaired) electrons. The maximum Gasteiger partial charge on any atom is 0.0916 e. The highest BCUT2D eigenvalue weighted by molar-refractivity contribution is 5.20. The molecule has 2 aliphatic carbocycles. The van der Waals surface area contributed by atoms with Gasteiger partial charge in [-0.1, -0.05) is 20.8 Å². The lowest BCUT2D eigenvalue weighted by molar-refractivity contribution is -0.156. The van der Waals surface area contributed by atoms with Crippen LogP contribution in [-0.2, 0) is 4.74 Å². The molecule has 0 amide bonds. The average Bonchev–Trinajstić information content (AvgIpc) is 2.70. The Bertz CT molecular complexity index is 325. The Labute approximate surface area is 98.4 Å². The summed E-state index contributed by atoms with van der Waals surface area (Å²) in [5.41, 5.74) is -0.404. The predicted molar refractivity (Wildman–Crippen MR) is 63.2 cm³/mol. The van der Waals surface area contributed by atoms with Gasteiger partial charge in [0.1, 0.15) is 0 Å². The molecule has 0 unspecified atom stereocenters. The largest absolute Gasteiger partial charge is 0.389 e. The molecule has 3 fully saturated rings. The number of aliphatic hydroxyl groups is 1. The van der Waals surface area contributed by atoms with Crippen molar-refractivity contribution in [2.24, 2.45) is 16.7 Å². The molecule has 2 heteroatoms. The first-order valence-electron chi connectivity index (χ1n) is 6.59. The molecule has 1 saturated heterocycles. The Balaban J connectivity index is 1.97. The molecule has 0 aromatic rings. The van der Waals surface area contributed by atoms with Gasteiger partial charge in [-0.3, -0.25) is 0 Å². The SMILES string of the molecule is CC1(C)[C@H]2CC[C@](C)(C2)[C@]1(O)C[C@@]1(C)CO1. The van der Waals surface area contributed by atoms with E-state index in [1.54, 1.807) is 0 Å². The van der Waals surface area contributed by atoms with Gasteiger partial charge in [-0.15, -0.1) is 0 Å². The predicted octanol–water partition coefficient (Wildman–Crippen LogP) is 2.74. The number of fused-ring (bicyclic) bond motifs is 2. The van der Waals surface area contributed by atoms with Crippen LogP contribution >= 0.6 is 0 Å². The number of ether oxygens (including phenoxy) is 1. The van der Waals surface area contributed by atoms with Gasteiger partial charge in [0.15, 0.2) is 0 Å². The average molecular weight is 224 g/mol. The molecular weight excluding hydrogens is 200 g/mol. The van der Waals surface area contributed by atoms with E-state index in [0.717, 1.165) is 13.0 Å². The van der Waals surface area contributed by atoms with Crippen molar-refractivity contribution in [2.45, 2.75) is 64.6 Å². The standard InChI is InChI=1S/C14H24O2/c1-11(2)10-5-6-12(3,7-10)14(11,15)8-13(4)9-16-13/h10,15H,5-9H2,1-4H3/t10-,12+,13-,14-/m0/s1. The number of epoxide rings is 1. The van der Waals surface area contributed by atoms with E-state index < -0.39 is 5.60 Å². The second-order valence-corrected chi connectivity index (χ2v) is 7.50. The third-order valence-electron chi connectivity index (χ3n) is 6.09. The first-order chi connectivity index (χ1) is 7.23. The fraction of sp³-hybridized carbons (Fsp3) is 1.00. The van der Waals surface area contributed by atoms with Gasteiger partial charge in [-0.2, -0.15) is 0 Å². The minimum absolute atomic E-state index is 0.0422. The molecule has 0 aromatic carbocycles. The van der Waals surface area contributed by atoms with E-state index in [9.17, 15) is 5.11 Å². The van der Waals surface area contributed by atoms with E-state index in [1.165, 1.54) is 19.3 Å². The number of hydrogen-bond acceptors (Lipinski definition) is 2. The van der Waals surface area contributed by atoms with Crippen molar-refractivity contribution < 1.29 is 9.84 Å². The van der Waals surface area contributed by atoms with E-state index in [2.05, 4.69) is 27.7 Å². The van der Waals surface area contributed by atoms with Crippen LogP contribution in [0.5, 0.6) is 0 Å². The third kappa shape index (κ3) is 1.10. The summed E-state index contributed by atoms with van der Waals surface area (Å²) in [4.78, 5) is 0. The van der Waals surface area contributed by atoms with Crippen LogP contribution in [0.1, 0.15) is 53.4 Å². The van der Waals surface area contributed by atoms with Gasteiger partial charge in [0, 0.05) is 6.42 Å². The molecule has 0 spiro atoms. The first kappa shape index (κ1) is 11.0. The van der Waals surface area contributed by atoms with Crippen molar-refractivity contribution in [3.05, 3.63) is 0 Å². The zero-order valence-electron chi connectivity index (χ0n) is 11.0. The van der Waals surface area contributed by atoms with Gasteiger partial charge in [0.2, 0.25) is 0 Å². The molecule has 3 rings (SSSR count). The molecular formula is C14H24O2. The number of rotatable bonds is 2. The van der Waals surface area contributed by atoms with Crippen molar-refractivity contribution in [1.29, 1.82) is 0 Å². The Morgan fingerprint density at radius 2 is 1.88 bits per heavy atom. The van der Waals surface area contributed by atoms with Gasteiger partial charge in [0.05, 0.1) is 17.8 Å². The molecule has 92 valence electrons. The molecule has 1 aliphatic heterocycles. The smallest absolute Gasteiger partial charge is 0.0916 e. The van der Waals surface area contributed by atoms with Crippen LogP contribution in [0.15, 0.2) is 0 Å². The number of hydrogen-bond donors (Lipinski definition) is 1. The van der Waals surface area contributed by atoms with Crippen LogP contribution in [0.4, 0.5) is 0 Å². The summed E-state index contributed by atoms with van der Waals surface area (Å²) in [5.74, 6) is 0.699. The molecule has 0 aromatic heterocycles. The van der Waals surface area contributed by atoms with Gasteiger partial charge in [-0.25, -0.2) is 0 Å². The third-order valence-corrected chi connectivity index (χ3v) is 6.09. The minimum atomic E-state index is -0.534. The van der Waals surface area contributed by atoms with Crippen LogP contribution in [0, 0.1) is 16.7 Å². The van der Waals surface area contributed by atoms with E-state index in [0.29, 0.717) is 5.92 Å². The van der Waals surface area contributed by atoms with Crippen molar-refractivity contribution in [1.82, 2.24) is 0 Å². The maximum absolute atomic E-state index is 11.3. The summed E-state index contributed by atoms with van der Waals surface area (Å²) in [6.07, 6.45) is 4.50. The van der Waals surface area contributed by atoms with Gasteiger partial charge >= 0.3 is 0 Å². The summed E-state index contributed by atoms with van der Waals surface area (Å²) < 4.78 is 5.51. The summed E-state index contributed by atoms with van der Waals surface area (Å²) >= 11 is 0. The molecule has 16 heavy (non-hydrogen) atoms. The van der Waals surface area contributed by atoms with Crippen LogP contribution in [-0.4, -0.2) is 22.9 Å². The van der Waals surface area contributed by atoms with Crippen molar-refractivity contribution in [3.63, 3.8) is 0 Å². The van der Waals surface area contributed by atoms with Crippen LogP contribution in [0.25, 0.3) is 0 Å². The van der Waals surface area contributed by atoms with Crippen LogP contribution in [0.3, 0.4) is 0 Å². The lowest BCUT2D eigenvalue weighted by Crippen LogP contribution is -2.56. The molecule has 3 aliphatic rings. The lowest BCUT2D eigenvalue weighted by Gasteiger charge is -2.51. The van der Waals surface area contributed by atoms with E-state index in [1.807, 2.05) is 0 Å². The molecule has 2 saturated carbocycles. The Hall–Kier alpha value is -0.0800. The van der Waals surface area contributed by atoms with Crippen molar-refractivity contribution in [3.8, 4) is 0 Å². The summed E-state index contributed by atoms with van der Waals surface area (Å²) in [5, 5.41) is 11.3. The fourth-order valence-electron chi connectivity index (χ4n) is 4.56. The molecule has 1 N–H and O–H groups in total. The molecule has 2 bridgehead atoms. The Kier molecular flexibility index (Phi) is 1.84. The van der Waals surface area contributed by atoms with E-state index >= 15 is 0 Å². The van der Waals surface area contributed by atoms with Gasteiger partial charge < -0.3 is 9.84 Å².